The minimum absolute atomic E-state index is 0. The van der Waals surface area contributed by atoms with Gasteiger partial charge in [0.25, 0.3) is 0 Å². The summed E-state index contributed by atoms with van der Waals surface area (Å²) in [5.41, 5.74) is 1.86. The number of ether oxygens (including phenoxy) is 1. The van der Waals surface area contributed by atoms with Crippen LogP contribution in [0.5, 0.6) is 5.75 Å². The van der Waals surface area contributed by atoms with E-state index in [1.54, 1.807) is 41.1 Å². The predicted octanol–water partition coefficient (Wildman–Crippen LogP) is 1.06. The molecule has 1 N–H and O–H groups in total. The summed E-state index contributed by atoms with van der Waals surface area (Å²) in [5.74, 6) is -2.29. The molecule has 0 bridgehead atoms. The molecule has 0 saturated heterocycles. The van der Waals surface area contributed by atoms with Crippen LogP contribution < -0.4 is 39.4 Å². The Kier molecular flexibility index (Phi) is 8.15. The monoisotopic (exact) mass is 479 g/mol. The first kappa shape index (κ1) is 25.2. The molecule has 164 valence electrons. The van der Waals surface area contributed by atoms with E-state index >= 15 is 0 Å². The van der Waals surface area contributed by atoms with E-state index in [0.29, 0.717) is 32.8 Å². The van der Waals surface area contributed by atoms with Gasteiger partial charge in [0, 0.05) is 50.4 Å². The van der Waals surface area contributed by atoms with E-state index in [2.05, 4.69) is 0 Å². The molecule has 1 heterocycles. The normalized spacial score (nSPS) is 10.8. The number of aliphatic hydroxyl groups excluding tert-OH is 1. The number of hydrogen-bond donors (Lipinski definition) is 1. The molecule has 0 saturated carbocycles. The second kappa shape index (κ2) is 10.7. The number of fused-ring (bicyclic) bond motifs is 1. The maximum Gasteiger partial charge on any atom is 1.00 e. The van der Waals surface area contributed by atoms with Gasteiger partial charge in [-0.15, -0.1) is 0 Å². The fourth-order valence-electron chi connectivity index (χ4n) is 3.65. The van der Waals surface area contributed by atoms with Gasteiger partial charge in [-0.2, -0.15) is 0 Å². The zero-order valence-corrected chi connectivity index (χ0v) is 20.4. The van der Waals surface area contributed by atoms with Crippen LogP contribution in [0.2, 0.25) is 5.02 Å². The van der Waals surface area contributed by atoms with Gasteiger partial charge in [-0.3, -0.25) is 0 Å². The molecule has 4 aromatic rings. The number of nitrogens with zero attached hydrogens (tertiary/aromatic N) is 1. The summed E-state index contributed by atoms with van der Waals surface area (Å²) < 4.78 is 34.7. The third-order valence-electron chi connectivity index (χ3n) is 5.14. The van der Waals surface area contributed by atoms with Crippen molar-refractivity contribution in [3.63, 3.8) is 0 Å². The molecule has 0 atom stereocenters. The second-order valence-corrected chi connectivity index (χ2v) is 7.64. The van der Waals surface area contributed by atoms with Crippen LogP contribution in [0.15, 0.2) is 60.8 Å². The number of carboxylic acid groups (broad SMARTS) is 1. The first-order valence-electron chi connectivity index (χ1n) is 9.65. The third-order valence-corrected chi connectivity index (χ3v) is 5.37. The molecule has 0 amide bonds. The number of benzene rings is 3. The van der Waals surface area contributed by atoms with E-state index in [9.17, 15) is 23.8 Å². The molecule has 0 aliphatic rings. The van der Waals surface area contributed by atoms with Gasteiger partial charge < -0.3 is 24.3 Å². The van der Waals surface area contributed by atoms with Gasteiger partial charge >= 0.3 is 29.6 Å². The van der Waals surface area contributed by atoms with Crippen LogP contribution in [0, 0.1) is 11.6 Å². The average Bonchev–Trinajstić information content (AvgIpc) is 3.12. The van der Waals surface area contributed by atoms with Gasteiger partial charge in [0.1, 0.15) is 24.0 Å². The number of rotatable bonds is 7. The van der Waals surface area contributed by atoms with Crippen molar-refractivity contribution in [2.45, 2.75) is 19.8 Å². The Morgan fingerprint density at radius 3 is 2.55 bits per heavy atom. The van der Waals surface area contributed by atoms with Gasteiger partial charge in [0.15, 0.2) is 0 Å². The Morgan fingerprint density at radius 2 is 1.85 bits per heavy atom. The predicted molar refractivity (Wildman–Crippen MR) is 113 cm³/mol. The molecule has 4 rings (SSSR count). The number of carbonyl (C=O) groups excluding carboxylic acids is 1. The van der Waals surface area contributed by atoms with Gasteiger partial charge in [-0.1, -0.05) is 23.7 Å². The molecule has 5 nitrogen and oxygen atoms in total. The maximum absolute atomic E-state index is 14.0. The van der Waals surface area contributed by atoms with E-state index in [-0.39, 0.29) is 60.4 Å². The molecule has 3 aromatic carbocycles. The van der Waals surface area contributed by atoms with Crippen molar-refractivity contribution < 1.29 is 58.1 Å². The number of halogens is 3. The SMILES string of the molecule is O=C([O-])c1cccc2c1c(CO)cn2Cc1cc(Cl)ccc1OCc1ccc(F)cc1F.[Na+]. The summed E-state index contributed by atoms with van der Waals surface area (Å²) in [6, 6.07) is 13.0. The number of carbonyl (C=O) groups is 1. The molecular formula is C24H17ClF2NNaO4. The molecule has 0 unspecified atom stereocenters. The van der Waals surface area contributed by atoms with E-state index in [1.807, 2.05) is 0 Å². The number of aromatic nitrogens is 1. The van der Waals surface area contributed by atoms with Crippen molar-refractivity contribution in [2.75, 3.05) is 0 Å². The molecule has 0 aliphatic carbocycles. The van der Waals surface area contributed by atoms with Crippen LogP contribution in [0.25, 0.3) is 10.9 Å². The quantitative estimate of drug-likeness (QED) is 0.402. The fourth-order valence-corrected chi connectivity index (χ4v) is 3.84. The van der Waals surface area contributed by atoms with Crippen molar-refractivity contribution >= 4 is 28.5 Å². The molecule has 0 radical (unpaired) electrons. The first-order chi connectivity index (χ1) is 15.4. The minimum atomic E-state index is -1.34. The summed E-state index contributed by atoms with van der Waals surface area (Å²) in [7, 11) is 0. The number of hydrogen-bond acceptors (Lipinski definition) is 4. The zero-order chi connectivity index (χ0) is 22.8. The van der Waals surface area contributed by atoms with E-state index in [4.69, 9.17) is 16.3 Å². The smallest absolute Gasteiger partial charge is 0.545 e. The van der Waals surface area contributed by atoms with Crippen molar-refractivity contribution in [1.82, 2.24) is 4.57 Å². The Balaban J connectivity index is 0.00000306. The summed E-state index contributed by atoms with van der Waals surface area (Å²) >= 11 is 6.17. The topological polar surface area (TPSA) is 74.5 Å². The average molecular weight is 480 g/mol. The van der Waals surface area contributed by atoms with Gasteiger partial charge in [-0.25, -0.2) is 8.78 Å². The molecule has 9 heteroatoms. The molecule has 1 aromatic heterocycles. The van der Waals surface area contributed by atoms with Crippen molar-refractivity contribution in [2.24, 2.45) is 0 Å². The van der Waals surface area contributed by atoms with E-state index < -0.39 is 17.6 Å². The molecule has 0 spiro atoms. The van der Waals surface area contributed by atoms with E-state index in [0.717, 1.165) is 12.1 Å². The minimum Gasteiger partial charge on any atom is -0.545 e. The van der Waals surface area contributed by atoms with Gasteiger partial charge in [0.05, 0.1) is 19.1 Å². The van der Waals surface area contributed by atoms with Crippen molar-refractivity contribution in [1.29, 1.82) is 0 Å². The van der Waals surface area contributed by atoms with Crippen LogP contribution in [0.3, 0.4) is 0 Å². The Labute approximate surface area is 215 Å². The maximum atomic E-state index is 14.0. The third kappa shape index (κ3) is 5.39. The van der Waals surface area contributed by atoms with Gasteiger partial charge in [0.2, 0.25) is 0 Å². The summed E-state index contributed by atoms with van der Waals surface area (Å²) in [5, 5.41) is 22.1. The number of aliphatic hydroxyl groups is 1. The molecule has 0 aliphatic heterocycles. The summed E-state index contributed by atoms with van der Waals surface area (Å²) in [4.78, 5) is 11.5. The second-order valence-electron chi connectivity index (χ2n) is 7.20. The number of aromatic carboxylic acids is 1. The van der Waals surface area contributed by atoms with Crippen LogP contribution in [0.1, 0.15) is 27.0 Å². The van der Waals surface area contributed by atoms with Crippen LogP contribution >= 0.6 is 11.6 Å². The van der Waals surface area contributed by atoms with Crippen molar-refractivity contribution in [3.8, 4) is 5.75 Å². The standard InChI is InChI=1S/C24H18ClF2NO4.Na/c25-17-5-7-22(32-13-14-4-6-18(26)9-20(14)27)15(8-17)10-28-11-16(12-29)23-19(24(30)31)2-1-3-21(23)28;/h1-9,11,29H,10,12-13H2,(H,30,31);/q;+1/p-1. The Hall–Kier alpha value is -2.42. The summed E-state index contributed by atoms with van der Waals surface area (Å²) in [6.45, 7) is -0.227. The molecular weight excluding hydrogens is 463 g/mol. The van der Waals surface area contributed by atoms with Gasteiger partial charge in [-0.05, 0) is 36.4 Å². The Bertz CT molecular complexity index is 1330. The Morgan fingerprint density at radius 1 is 1.06 bits per heavy atom. The van der Waals surface area contributed by atoms with Crippen molar-refractivity contribution in [3.05, 3.63) is 99.7 Å². The first-order valence-corrected chi connectivity index (χ1v) is 10.0. The summed E-state index contributed by atoms with van der Waals surface area (Å²) in [6.07, 6.45) is 1.65. The largest absolute Gasteiger partial charge is 1.00 e. The van der Waals surface area contributed by atoms with Crippen LogP contribution in [0.4, 0.5) is 8.78 Å². The molecule has 33 heavy (non-hydrogen) atoms. The fraction of sp³-hybridized carbons (Fsp3) is 0.125. The van der Waals surface area contributed by atoms with E-state index in [1.165, 1.54) is 12.1 Å². The zero-order valence-electron chi connectivity index (χ0n) is 17.6. The number of carboxylic acids is 1. The van der Waals surface area contributed by atoms with Crippen LogP contribution in [-0.4, -0.2) is 15.6 Å². The van der Waals surface area contributed by atoms with Crippen LogP contribution in [-0.2, 0) is 19.8 Å². The molecule has 0 fully saturated rings.